The molecule has 3 N–H and O–H groups in total. The number of para-hydroxylation sites is 1. The summed E-state index contributed by atoms with van der Waals surface area (Å²) < 4.78 is 0. The summed E-state index contributed by atoms with van der Waals surface area (Å²) >= 11 is 0. The predicted molar refractivity (Wildman–Crippen MR) is 206 cm³/mol. The van der Waals surface area contributed by atoms with E-state index < -0.39 is 29.7 Å². The van der Waals surface area contributed by atoms with Gasteiger partial charge in [0.1, 0.15) is 11.8 Å². The number of hydrogen-bond acceptors (Lipinski definition) is 12. The van der Waals surface area contributed by atoms with Gasteiger partial charge in [-0.3, -0.25) is 34.3 Å². The molecular weight excluding hydrogens is 717 g/mol. The molecule has 4 fully saturated rings. The van der Waals surface area contributed by atoms with E-state index in [0.717, 1.165) is 61.8 Å². The molecule has 1 unspecified atom stereocenters. The molecule has 6 aliphatic heterocycles. The number of nitrogens with one attached hydrogen (secondary N) is 2. The summed E-state index contributed by atoms with van der Waals surface area (Å²) in [5.41, 5.74) is 3.66. The van der Waals surface area contributed by atoms with E-state index in [2.05, 4.69) is 42.5 Å². The third-order valence-electron chi connectivity index (χ3n) is 12.4. The summed E-state index contributed by atoms with van der Waals surface area (Å²) in [6.45, 7) is 9.66. The van der Waals surface area contributed by atoms with E-state index in [0.29, 0.717) is 66.8 Å². The Bertz CT molecular complexity index is 2100. The van der Waals surface area contributed by atoms with Crippen molar-refractivity contribution in [1.82, 2.24) is 35.1 Å². The molecule has 9 rings (SSSR count). The number of carbonyl (C=O) groups excluding carboxylic acids is 5. The van der Waals surface area contributed by atoms with Crippen molar-refractivity contribution in [1.29, 1.82) is 0 Å². The van der Waals surface area contributed by atoms with Crippen LogP contribution < -0.4 is 20.4 Å². The highest BCUT2D eigenvalue weighted by atomic mass is 16.3. The van der Waals surface area contributed by atoms with Gasteiger partial charge < -0.3 is 30.0 Å². The van der Waals surface area contributed by atoms with Crippen molar-refractivity contribution in [2.45, 2.75) is 50.7 Å². The molecule has 0 spiro atoms. The zero-order valence-electron chi connectivity index (χ0n) is 31.4. The average molecular weight is 763 g/mol. The Morgan fingerprint density at radius 3 is 2.45 bits per heavy atom. The molecule has 0 bridgehead atoms. The molecule has 56 heavy (non-hydrogen) atoms. The van der Waals surface area contributed by atoms with Crippen LogP contribution in [0.25, 0.3) is 11.3 Å². The number of piperidine rings is 2. The van der Waals surface area contributed by atoms with Gasteiger partial charge in [0.05, 0.1) is 28.6 Å². The second kappa shape index (κ2) is 14.4. The van der Waals surface area contributed by atoms with Crippen molar-refractivity contribution in [2.75, 3.05) is 80.6 Å². The van der Waals surface area contributed by atoms with E-state index in [1.807, 2.05) is 34.1 Å². The lowest BCUT2D eigenvalue weighted by atomic mass is 9.95. The van der Waals surface area contributed by atoms with Crippen LogP contribution in [0.4, 0.5) is 22.0 Å². The molecule has 6 amide bonds. The number of aromatic nitrogens is 2. The Labute approximate surface area is 324 Å². The summed E-state index contributed by atoms with van der Waals surface area (Å²) in [5.74, 6) is -0.604. The van der Waals surface area contributed by atoms with Gasteiger partial charge in [-0.25, -0.2) is 4.79 Å². The van der Waals surface area contributed by atoms with Gasteiger partial charge in [0, 0.05) is 89.2 Å². The predicted octanol–water partition coefficient (Wildman–Crippen LogP) is 2.21. The number of imide groups is 2. The number of urea groups is 1. The Balaban J connectivity index is 0.760. The van der Waals surface area contributed by atoms with Crippen LogP contribution in [0.1, 0.15) is 53.3 Å². The molecule has 2 aromatic carbocycles. The molecule has 4 saturated heterocycles. The fourth-order valence-electron chi connectivity index (χ4n) is 9.34. The van der Waals surface area contributed by atoms with Gasteiger partial charge in [-0.2, -0.15) is 0 Å². The second-order valence-corrected chi connectivity index (χ2v) is 15.8. The molecule has 6 aliphatic rings. The first-order valence-corrected chi connectivity index (χ1v) is 19.7. The van der Waals surface area contributed by atoms with Gasteiger partial charge in [-0.1, -0.05) is 12.1 Å². The summed E-state index contributed by atoms with van der Waals surface area (Å²) in [7, 11) is 0. The van der Waals surface area contributed by atoms with Crippen LogP contribution in [0.5, 0.6) is 5.75 Å². The molecule has 1 aromatic heterocycles. The number of benzene rings is 2. The van der Waals surface area contributed by atoms with E-state index in [-0.39, 0.29) is 36.7 Å². The number of nitrogens with zero attached hydrogens (tertiary/aromatic N) is 8. The number of aromatic hydroxyl groups is 1. The zero-order valence-corrected chi connectivity index (χ0v) is 31.4. The largest absolute Gasteiger partial charge is 0.507 e. The smallest absolute Gasteiger partial charge is 0.320 e. The van der Waals surface area contributed by atoms with Crippen LogP contribution >= 0.6 is 0 Å². The molecule has 16 nitrogen and oxygen atoms in total. The Hall–Kier alpha value is -5.77. The van der Waals surface area contributed by atoms with Crippen LogP contribution in [-0.2, 0) is 9.59 Å². The standard InChI is InChI=1S/C40H46N10O6/c1-24-21-45(22-25-10-12-46(13-11-25)26-6-7-28-30(18-26)39(55)50(38(28)54)32-8-9-35(52)42-37(32)53)14-16-48(24)40(56)47-15-17-49-27(23-47)20-41-36-33(49)19-31(43-44-36)29-4-2-3-5-34(29)51/h2-7,18-19,24-25,27,32,51H,8-17,20-23H2,1H3,(H,41,44)(H,42,52,53)/t24-,27+,32?/m1/s1. The topological polar surface area (TPSA) is 175 Å². The number of phenols is 1. The molecular formula is C40H46N10O6. The van der Waals surface area contributed by atoms with Crippen molar-refractivity contribution in [3.05, 3.63) is 59.7 Å². The highest BCUT2D eigenvalue weighted by Gasteiger charge is 2.45. The first kappa shape index (κ1) is 35.9. The average Bonchev–Trinajstić information content (AvgIpc) is 3.45. The molecule has 3 aromatic rings. The third kappa shape index (κ3) is 6.44. The minimum atomic E-state index is -0.977. The first-order chi connectivity index (χ1) is 27.1. The number of hydrogen-bond donors (Lipinski definition) is 3. The Morgan fingerprint density at radius 2 is 1.66 bits per heavy atom. The quantitative estimate of drug-likeness (QED) is 0.324. The minimum Gasteiger partial charge on any atom is -0.507 e. The first-order valence-electron chi connectivity index (χ1n) is 19.7. The normalized spacial score (nSPS) is 24.4. The van der Waals surface area contributed by atoms with Crippen LogP contribution in [0.15, 0.2) is 48.5 Å². The highest BCUT2D eigenvalue weighted by molar-refractivity contribution is 6.23. The molecule has 7 heterocycles. The maximum atomic E-state index is 13.9. The fraction of sp³-hybridized carbons (Fsp3) is 0.475. The number of anilines is 3. The second-order valence-electron chi connectivity index (χ2n) is 15.8. The van der Waals surface area contributed by atoms with Crippen molar-refractivity contribution in [3.63, 3.8) is 0 Å². The zero-order chi connectivity index (χ0) is 38.7. The van der Waals surface area contributed by atoms with Gasteiger partial charge in [0.15, 0.2) is 5.82 Å². The summed E-state index contributed by atoms with van der Waals surface area (Å²) in [4.78, 5) is 76.6. The fourth-order valence-corrected chi connectivity index (χ4v) is 9.34. The number of carbonyl (C=O) groups is 5. The number of fused-ring (bicyclic) bond motifs is 4. The van der Waals surface area contributed by atoms with Crippen molar-refractivity contribution in [3.8, 4) is 17.0 Å². The molecule has 0 radical (unpaired) electrons. The maximum absolute atomic E-state index is 13.9. The van der Waals surface area contributed by atoms with Crippen LogP contribution in [0, 0.1) is 5.92 Å². The van der Waals surface area contributed by atoms with Crippen LogP contribution in [-0.4, -0.2) is 148 Å². The summed E-state index contributed by atoms with van der Waals surface area (Å²) in [5, 5.41) is 24.8. The molecule has 0 aliphatic carbocycles. The van der Waals surface area contributed by atoms with Gasteiger partial charge in [0.2, 0.25) is 11.8 Å². The number of rotatable bonds is 5. The third-order valence-corrected chi connectivity index (χ3v) is 12.4. The van der Waals surface area contributed by atoms with E-state index in [4.69, 9.17) is 0 Å². The van der Waals surface area contributed by atoms with Crippen molar-refractivity contribution >= 4 is 46.9 Å². The van der Waals surface area contributed by atoms with Crippen molar-refractivity contribution in [2.24, 2.45) is 5.92 Å². The van der Waals surface area contributed by atoms with E-state index in [9.17, 15) is 29.1 Å². The monoisotopic (exact) mass is 762 g/mol. The molecule has 292 valence electrons. The molecule has 3 atom stereocenters. The van der Waals surface area contributed by atoms with E-state index in [1.54, 1.807) is 24.3 Å². The van der Waals surface area contributed by atoms with Gasteiger partial charge in [-0.15, -0.1) is 10.2 Å². The SMILES string of the molecule is C[C@@H]1CN(CC2CCN(c3ccc4c(c3)C(=O)N(C3CCC(=O)NC3=O)C4=O)CC2)CCN1C(=O)N1CCN2c3cc(-c4ccccc4O)nnc3NC[C@H]2C1. The summed E-state index contributed by atoms with van der Waals surface area (Å²) in [6.07, 6.45) is 2.20. The summed E-state index contributed by atoms with van der Waals surface area (Å²) in [6, 6.07) is 13.7. The minimum absolute atomic E-state index is 0.0855. The molecule has 16 heteroatoms. The van der Waals surface area contributed by atoms with E-state index in [1.165, 1.54) is 0 Å². The lowest BCUT2D eigenvalue weighted by Crippen LogP contribution is -2.63. The van der Waals surface area contributed by atoms with Crippen LogP contribution in [0.3, 0.4) is 0 Å². The Kier molecular flexibility index (Phi) is 9.22. The van der Waals surface area contributed by atoms with E-state index >= 15 is 0 Å². The van der Waals surface area contributed by atoms with Gasteiger partial charge >= 0.3 is 6.03 Å². The highest BCUT2D eigenvalue weighted by Crippen LogP contribution is 2.37. The van der Waals surface area contributed by atoms with Gasteiger partial charge in [-0.05, 0) is 68.5 Å². The van der Waals surface area contributed by atoms with Crippen LogP contribution in [0.2, 0.25) is 0 Å². The Morgan fingerprint density at radius 1 is 0.857 bits per heavy atom. The molecule has 0 saturated carbocycles. The number of piperazine rings is 2. The number of phenolic OH excluding ortho intramolecular Hbond substituents is 1. The van der Waals surface area contributed by atoms with Gasteiger partial charge in [0.25, 0.3) is 11.8 Å². The lowest BCUT2D eigenvalue weighted by Gasteiger charge is -2.48. The van der Waals surface area contributed by atoms with Crippen molar-refractivity contribution < 1.29 is 29.1 Å². The lowest BCUT2D eigenvalue weighted by molar-refractivity contribution is -0.136. The maximum Gasteiger partial charge on any atom is 0.320 e. The number of amides is 6.